The Morgan fingerprint density at radius 1 is 1.12 bits per heavy atom. The Kier molecular flexibility index (Phi) is 5.44. The summed E-state index contributed by atoms with van der Waals surface area (Å²) in [5, 5.41) is 8.91. The maximum Gasteiger partial charge on any atom is 0.309 e. The highest BCUT2D eigenvalue weighted by molar-refractivity contribution is 5.84. The summed E-state index contributed by atoms with van der Waals surface area (Å²) in [6.45, 7) is 4.51. The molecule has 0 aromatic carbocycles. The maximum atomic E-state index is 11.7. The van der Waals surface area contributed by atoms with Crippen molar-refractivity contribution in [1.29, 1.82) is 0 Å². The van der Waals surface area contributed by atoms with Crippen molar-refractivity contribution in [1.82, 2.24) is 9.80 Å². The van der Waals surface area contributed by atoms with Crippen LogP contribution in [0.4, 0.5) is 0 Å². The van der Waals surface area contributed by atoms with Crippen molar-refractivity contribution < 1.29 is 14.7 Å². The lowest BCUT2D eigenvalue weighted by atomic mass is 9.89. The first-order valence-electron chi connectivity index (χ1n) is 5.29. The van der Waals surface area contributed by atoms with Gasteiger partial charge in [0, 0.05) is 26.6 Å². The molecule has 0 aromatic rings. The number of carbonyl (C=O) groups is 2. The van der Waals surface area contributed by atoms with Crippen LogP contribution in [-0.2, 0) is 9.59 Å². The number of carboxylic acid groups (broad SMARTS) is 1. The molecular weight excluding hydrogens is 208 g/mol. The zero-order chi connectivity index (χ0) is 12.9. The van der Waals surface area contributed by atoms with Crippen molar-refractivity contribution in [3.63, 3.8) is 0 Å². The minimum atomic E-state index is -0.997. The fourth-order valence-electron chi connectivity index (χ4n) is 1.06. The molecule has 0 rings (SSSR count). The van der Waals surface area contributed by atoms with Gasteiger partial charge in [0.2, 0.25) is 5.91 Å². The first kappa shape index (κ1) is 14.9. The molecule has 0 spiro atoms. The van der Waals surface area contributed by atoms with Crippen LogP contribution in [0, 0.1) is 5.41 Å². The average molecular weight is 230 g/mol. The fraction of sp³-hybridized carbons (Fsp3) is 0.818. The van der Waals surface area contributed by atoms with Crippen molar-refractivity contribution in [3.8, 4) is 0 Å². The van der Waals surface area contributed by atoms with Gasteiger partial charge < -0.3 is 14.9 Å². The van der Waals surface area contributed by atoms with Gasteiger partial charge in [-0.1, -0.05) is 0 Å². The van der Waals surface area contributed by atoms with E-state index in [4.69, 9.17) is 5.11 Å². The number of carboxylic acids is 1. The van der Waals surface area contributed by atoms with Crippen molar-refractivity contribution in [2.24, 2.45) is 5.41 Å². The molecule has 94 valence electrons. The van der Waals surface area contributed by atoms with E-state index in [1.54, 1.807) is 25.8 Å². The summed E-state index contributed by atoms with van der Waals surface area (Å²) in [4.78, 5) is 26.1. The van der Waals surface area contributed by atoms with E-state index in [1.807, 2.05) is 19.0 Å². The van der Waals surface area contributed by atoms with E-state index in [-0.39, 0.29) is 12.3 Å². The molecule has 0 unspecified atom stereocenters. The normalized spacial score (nSPS) is 11.6. The topological polar surface area (TPSA) is 60.9 Å². The third kappa shape index (κ3) is 5.11. The van der Waals surface area contributed by atoms with Crippen molar-refractivity contribution in [2.45, 2.75) is 20.3 Å². The molecule has 5 nitrogen and oxygen atoms in total. The number of likely N-dealkylation sites (N-methyl/N-ethyl adjacent to an activating group) is 2. The molecule has 0 fully saturated rings. The van der Waals surface area contributed by atoms with Crippen LogP contribution in [0.15, 0.2) is 0 Å². The highest BCUT2D eigenvalue weighted by Crippen LogP contribution is 2.21. The minimum absolute atomic E-state index is 0.0340. The lowest BCUT2D eigenvalue weighted by molar-refractivity contribution is -0.151. The van der Waals surface area contributed by atoms with Crippen LogP contribution in [0.3, 0.4) is 0 Å². The Hall–Kier alpha value is -1.10. The van der Waals surface area contributed by atoms with Crippen molar-refractivity contribution >= 4 is 11.9 Å². The van der Waals surface area contributed by atoms with E-state index in [1.165, 1.54) is 0 Å². The lowest BCUT2D eigenvalue weighted by Gasteiger charge is -2.24. The highest BCUT2D eigenvalue weighted by atomic mass is 16.4. The molecule has 1 N–H and O–H groups in total. The molecule has 0 aliphatic carbocycles. The lowest BCUT2D eigenvalue weighted by Crippen LogP contribution is -2.37. The molecule has 0 aliphatic heterocycles. The second-order valence-corrected chi connectivity index (χ2v) is 4.98. The molecule has 0 atom stereocenters. The van der Waals surface area contributed by atoms with Crippen LogP contribution < -0.4 is 0 Å². The Balaban J connectivity index is 4.20. The molecule has 0 heterocycles. The summed E-state index contributed by atoms with van der Waals surface area (Å²) < 4.78 is 0. The number of hydrogen-bond acceptors (Lipinski definition) is 3. The molecule has 0 aliphatic rings. The van der Waals surface area contributed by atoms with Crippen LogP contribution in [0.1, 0.15) is 20.3 Å². The number of hydrogen-bond donors (Lipinski definition) is 1. The molecule has 0 saturated carbocycles. The summed E-state index contributed by atoms with van der Waals surface area (Å²) >= 11 is 0. The molecule has 0 aromatic heterocycles. The molecule has 0 bridgehead atoms. The largest absolute Gasteiger partial charge is 0.481 e. The summed E-state index contributed by atoms with van der Waals surface area (Å²) in [6.07, 6.45) is 0.0340. The Labute approximate surface area is 97.0 Å². The summed E-state index contributed by atoms with van der Waals surface area (Å²) in [5.41, 5.74) is -0.997. The fourth-order valence-corrected chi connectivity index (χ4v) is 1.06. The van der Waals surface area contributed by atoms with Crippen LogP contribution in [-0.4, -0.2) is 61.0 Å². The van der Waals surface area contributed by atoms with Gasteiger partial charge in [-0.25, -0.2) is 0 Å². The van der Waals surface area contributed by atoms with Crippen LogP contribution >= 0.6 is 0 Å². The molecule has 1 amide bonds. The van der Waals surface area contributed by atoms with Crippen LogP contribution in [0.5, 0.6) is 0 Å². The van der Waals surface area contributed by atoms with Gasteiger partial charge in [-0.2, -0.15) is 0 Å². The standard InChI is InChI=1S/C11H22N2O3/c1-11(2,10(15)16)8-9(14)13(5)7-6-12(3)4/h6-8H2,1-5H3,(H,15,16). The molecule has 0 radical (unpaired) electrons. The monoisotopic (exact) mass is 230 g/mol. The Morgan fingerprint density at radius 2 is 1.62 bits per heavy atom. The second kappa shape index (κ2) is 5.84. The van der Waals surface area contributed by atoms with Crippen molar-refractivity contribution in [3.05, 3.63) is 0 Å². The van der Waals surface area contributed by atoms with E-state index in [2.05, 4.69) is 0 Å². The summed E-state index contributed by atoms with van der Waals surface area (Å²) in [5.74, 6) is -1.07. The Morgan fingerprint density at radius 3 is 2.00 bits per heavy atom. The predicted molar refractivity (Wildman–Crippen MR) is 62.2 cm³/mol. The van der Waals surface area contributed by atoms with E-state index >= 15 is 0 Å². The zero-order valence-corrected chi connectivity index (χ0v) is 10.8. The number of nitrogens with zero attached hydrogens (tertiary/aromatic N) is 2. The summed E-state index contributed by atoms with van der Waals surface area (Å²) in [7, 11) is 5.56. The quantitative estimate of drug-likeness (QED) is 0.722. The van der Waals surface area contributed by atoms with E-state index < -0.39 is 11.4 Å². The van der Waals surface area contributed by atoms with Crippen LogP contribution in [0.2, 0.25) is 0 Å². The van der Waals surface area contributed by atoms with Gasteiger partial charge in [0.25, 0.3) is 0 Å². The van der Waals surface area contributed by atoms with Gasteiger partial charge in [-0.05, 0) is 27.9 Å². The Bertz CT molecular complexity index is 262. The van der Waals surface area contributed by atoms with Gasteiger partial charge in [-0.15, -0.1) is 0 Å². The third-order valence-corrected chi connectivity index (χ3v) is 2.48. The van der Waals surface area contributed by atoms with Crippen LogP contribution in [0.25, 0.3) is 0 Å². The average Bonchev–Trinajstić information content (AvgIpc) is 2.12. The molecule has 0 saturated heterocycles. The van der Waals surface area contributed by atoms with Gasteiger partial charge in [0.1, 0.15) is 0 Å². The van der Waals surface area contributed by atoms with Gasteiger partial charge >= 0.3 is 5.97 Å². The minimum Gasteiger partial charge on any atom is -0.481 e. The SMILES string of the molecule is CN(C)CCN(C)C(=O)CC(C)(C)C(=O)O. The summed E-state index contributed by atoms with van der Waals surface area (Å²) in [6, 6.07) is 0. The van der Waals surface area contributed by atoms with E-state index in [9.17, 15) is 9.59 Å². The molecule has 5 heteroatoms. The number of aliphatic carboxylic acids is 1. The maximum absolute atomic E-state index is 11.7. The van der Waals surface area contributed by atoms with Gasteiger partial charge in [0.05, 0.1) is 5.41 Å². The smallest absolute Gasteiger partial charge is 0.309 e. The number of carbonyl (C=O) groups excluding carboxylic acids is 1. The van der Waals surface area contributed by atoms with Gasteiger partial charge in [-0.3, -0.25) is 9.59 Å². The predicted octanol–water partition coefficient (Wildman–Crippen LogP) is 0.507. The van der Waals surface area contributed by atoms with E-state index in [0.29, 0.717) is 6.54 Å². The number of amides is 1. The van der Waals surface area contributed by atoms with Crippen molar-refractivity contribution in [2.75, 3.05) is 34.2 Å². The van der Waals surface area contributed by atoms with E-state index in [0.717, 1.165) is 6.54 Å². The third-order valence-electron chi connectivity index (χ3n) is 2.48. The highest BCUT2D eigenvalue weighted by Gasteiger charge is 2.31. The first-order valence-corrected chi connectivity index (χ1v) is 5.29. The second-order valence-electron chi connectivity index (χ2n) is 4.98. The molecule has 16 heavy (non-hydrogen) atoms. The molecular formula is C11H22N2O3. The zero-order valence-electron chi connectivity index (χ0n) is 10.8. The number of rotatable bonds is 6. The first-order chi connectivity index (χ1) is 7.16. The van der Waals surface area contributed by atoms with Gasteiger partial charge in [0.15, 0.2) is 0 Å².